The largest absolute Gasteiger partial charge is 0.493 e. The minimum absolute atomic E-state index is 0.00759. The molecule has 1 aliphatic rings. The lowest BCUT2D eigenvalue weighted by Gasteiger charge is -2.14. The number of thioether (sulfide) groups is 1. The summed E-state index contributed by atoms with van der Waals surface area (Å²) in [7, 11) is 1.45. The third-order valence-electron chi connectivity index (χ3n) is 4.41. The second-order valence-corrected chi connectivity index (χ2v) is 9.07. The quantitative estimate of drug-likeness (QED) is 0.339. The predicted octanol–water partition coefficient (Wildman–Crippen LogP) is 5.16. The summed E-state index contributed by atoms with van der Waals surface area (Å²) in [5.41, 5.74) is 0.951. The molecule has 0 radical (unpaired) electrons. The van der Waals surface area contributed by atoms with E-state index in [1.54, 1.807) is 44.2 Å². The van der Waals surface area contributed by atoms with Crippen molar-refractivity contribution in [1.82, 2.24) is 4.90 Å². The van der Waals surface area contributed by atoms with Gasteiger partial charge >= 0.3 is 5.97 Å². The summed E-state index contributed by atoms with van der Waals surface area (Å²) in [5, 5.41) is -0.553. The van der Waals surface area contributed by atoms with Crippen molar-refractivity contribution < 1.29 is 33.0 Å². The summed E-state index contributed by atoms with van der Waals surface area (Å²) >= 11 is 4.15. The van der Waals surface area contributed by atoms with E-state index in [2.05, 4.69) is 15.9 Å². The molecule has 0 aliphatic carbocycles. The lowest BCUT2D eigenvalue weighted by Crippen LogP contribution is -2.35. The van der Waals surface area contributed by atoms with Crippen LogP contribution in [0.5, 0.6) is 11.5 Å². The molecule has 3 rings (SSSR count). The van der Waals surface area contributed by atoms with Gasteiger partial charge in [-0.2, -0.15) is 0 Å². The van der Waals surface area contributed by atoms with E-state index in [1.807, 2.05) is 0 Å². The van der Waals surface area contributed by atoms with Crippen LogP contribution in [0.1, 0.15) is 25.0 Å². The number of methoxy groups -OCH3 is 1. The van der Waals surface area contributed by atoms with Gasteiger partial charge in [0.1, 0.15) is 19.0 Å². The van der Waals surface area contributed by atoms with Gasteiger partial charge in [-0.25, -0.2) is 4.39 Å². The number of esters is 1. The fourth-order valence-electron chi connectivity index (χ4n) is 2.95. The molecule has 0 atom stereocenters. The van der Waals surface area contributed by atoms with Gasteiger partial charge in [0.2, 0.25) is 0 Å². The van der Waals surface area contributed by atoms with Crippen molar-refractivity contribution in [2.75, 3.05) is 13.7 Å². The Morgan fingerprint density at radius 1 is 1.24 bits per heavy atom. The maximum absolute atomic E-state index is 13.9. The van der Waals surface area contributed by atoms with E-state index in [4.69, 9.17) is 14.2 Å². The van der Waals surface area contributed by atoms with E-state index < -0.39 is 23.7 Å². The van der Waals surface area contributed by atoms with Crippen molar-refractivity contribution >= 4 is 50.9 Å². The average Bonchev–Trinajstić information content (AvgIpc) is 3.00. The van der Waals surface area contributed by atoms with Crippen LogP contribution < -0.4 is 9.47 Å². The van der Waals surface area contributed by atoms with Gasteiger partial charge in [-0.1, -0.05) is 18.2 Å². The minimum Gasteiger partial charge on any atom is -0.493 e. The summed E-state index contributed by atoms with van der Waals surface area (Å²) in [6.45, 7) is 2.91. The fourth-order valence-corrected chi connectivity index (χ4v) is 4.36. The number of carbonyl (C=O) groups excluding carboxylic acids is 3. The number of hydrogen-bond acceptors (Lipinski definition) is 7. The summed E-state index contributed by atoms with van der Waals surface area (Å²) in [5.74, 6) is -0.902. The Hall–Kier alpha value is -2.85. The second kappa shape index (κ2) is 10.8. The zero-order valence-electron chi connectivity index (χ0n) is 18.1. The lowest BCUT2D eigenvalue weighted by molar-refractivity contribution is -0.149. The van der Waals surface area contributed by atoms with E-state index in [1.165, 1.54) is 19.3 Å². The smallest absolute Gasteiger partial charge is 0.326 e. The van der Waals surface area contributed by atoms with E-state index in [-0.39, 0.29) is 23.4 Å². The topological polar surface area (TPSA) is 82.1 Å². The van der Waals surface area contributed by atoms with Gasteiger partial charge in [-0.3, -0.25) is 19.3 Å². The molecular formula is C23H21BrFNO6S. The maximum Gasteiger partial charge on any atom is 0.326 e. The van der Waals surface area contributed by atoms with E-state index in [0.29, 0.717) is 27.1 Å². The summed E-state index contributed by atoms with van der Waals surface area (Å²) in [6, 6.07) is 9.59. The van der Waals surface area contributed by atoms with E-state index in [9.17, 15) is 18.8 Å². The highest BCUT2D eigenvalue weighted by Gasteiger charge is 2.36. The summed E-state index contributed by atoms with van der Waals surface area (Å²) in [4.78, 5) is 37.7. The van der Waals surface area contributed by atoms with Crippen molar-refractivity contribution in [1.29, 1.82) is 0 Å². The van der Waals surface area contributed by atoms with Crippen LogP contribution in [-0.2, 0) is 20.9 Å². The number of halogens is 2. The van der Waals surface area contributed by atoms with Crippen LogP contribution >= 0.6 is 27.7 Å². The van der Waals surface area contributed by atoms with Crippen molar-refractivity contribution in [2.45, 2.75) is 26.6 Å². The number of ether oxygens (including phenoxy) is 3. The molecule has 2 aromatic carbocycles. The number of benzene rings is 2. The molecule has 7 nitrogen and oxygen atoms in total. The molecule has 0 bridgehead atoms. The molecule has 174 valence electrons. The Labute approximate surface area is 203 Å². The van der Waals surface area contributed by atoms with Gasteiger partial charge < -0.3 is 14.2 Å². The van der Waals surface area contributed by atoms with Gasteiger partial charge in [0, 0.05) is 5.56 Å². The van der Waals surface area contributed by atoms with Gasteiger partial charge in [0.05, 0.1) is 22.6 Å². The van der Waals surface area contributed by atoms with Crippen molar-refractivity contribution in [3.05, 3.63) is 62.7 Å². The first-order valence-corrected chi connectivity index (χ1v) is 11.5. The highest BCUT2D eigenvalue weighted by molar-refractivity contribution is 9.10. The van der Waals surface area contributed by atoms with Gasteiger partial charge in [-0.15, -0.1) is 0 Å². The molecule has 1 saturated heterocycles. The Balaban J connectivity index is 1.79. The summed E-state index contributed by atoms with van der Waals surface area (Å²) in [6.07, 6.45) is 1.17. The highest BCUT2D eigenvalue weighted by Crippen LogP contribution is 2.39. The van der Waals surface area contributed by atoms with Crippen LogP contribution in [0.25, 0.3) is 6.08 Å². The standard InChI is InChI=1S/C23H21BrFNO6S/c1-13(2)32-20(27)11-26-22(28)19(33-23(26)29)10-14-8-16(24)21(18(9-14)30-3)31-12-15-6-4-5-7-17(15)25/h4-10,13H,11-12H2,1-3H3/b19-10-. The van der Waals surface area contributed by atoms with E-state index in [0.717, 1.165) is 16.7 Å². The molecule has 10 heteroatoms. The zero-order chi connectivity index (χ0) is 24.1. The molecule has 0 aromatic heterocycles. The fraction of sp³-hybridized carbons (Fsp3) is 0.261. The maximum atomic E-state index is 13.9. The molecule has 0 N–H and O–H groups in total. The predicted molar refractivity (Wildman–Crippen MR) is 125 cm³/mol. The number of imide groups is 1. The second-order valence-electron chi connectivity index (χ2n) is 7.22. The number of hydrogen-bond donors (Lipinski definition) is 0. The first kappa shape index (κ1) is 24.8. The number of carbonyl (C=O) groups is 3. The van der Waals surface area contributed by atoms with Crippen molar-refractivity contribution in [3.8, 4) is 11.5 Å². The van der Waals surface area contributed by atoms with Crippen LogP contribution in [0.15, 0.2) is 45.8 Å². The monoisotopic (exact) mass is 537 g/mol. The van der Waals surface area contributed by atoms with Gasteiger partial charge in [-0.05, 0) is 71.4 Å². The van der Waals surface area contributed by atoms with Crippen LogP contribution in [-0.4, -0.2) is 41.8 Å². The van der Waals surface area contributed by atoms with Gasteiger partial charge in [0.15, 0.2) is 11.5 Å². The molecular weight excluding hydrogens is 517 g/mol. The Morgan fingerprint density at radius 3 is 2.64 bits per heavy atom. The minimum atomic E-state index is -0.658. The highest BCUT2D eigenvalue weighted by atomic mass is 79.9. The summed E-state index contributed by atoms with van der Waals surface area (Å²) < 4.78 is 30.6. The normalized spacial score (nSPS) is 14.8. The number of nitrogens with zero attached hydrogens (tertiary/aromatic N) is 1. The zero-order valence-corrected chi connectivity index (χ0v) is 20.5. The Morgan fingerprint density at radius 2 is 1.97 bits per heavy atom. The first-order valence-electron chi connectivity index (χ1n) is 9.88. The molecule has 2 amide bonds. The SMILES string of the molecule is COc1cc(/C=C2\SC(=O)N(CC(=O)OC(C)C)C2=O)cc(Br)c1OCc1ccccc1F. The number of rotatable bonds is 8. The van der Waals surface area contributed by atoms with Crippen LogP contribution in [0.4, 0.5) is 9.18 Å². The average molecular weight is 538 g/mol. The Bertz CT molecular complexity index is 1120. The van der Waals surface area contributed by atoms with Gasteiger partial charge in [0.25, 0.3) is 11.1 Å². The van der Waals surface area contributed by atoms with Crippen molar-refractivity contribution in [2.24, 2.45) is 0 Å². The molecule has 0 spiro atoms. The third-order valence-corrected chi connectivity index (χ3v) is 5.90. The first-order chi connectivity index (χ1) is 15.7. The molecule has 2 aromatic rings. The van der Waals surface area contributed by atoms with E-state index >= 15 is 0 Å². The van der Waals surface area contributed by atoms with Crippen molar-refractivity contribution in [3.63, 3.8) is 0 Å². The number of amides is 2. The molecule has 0 unspecified atom stereocenters. The Kier molecular flexibility index (Phi) is 8.15. The lowest BCUT2D eigenvalue weighted by atomic mass is 10.1. The molecule has 33 heavy (non-hydrogen) atoms. The molecule has 1 fully saturated rings. The molecule has 1 heterocycles. The van der Waals surface area contributed by atoms with Crippen LogP contribution in [0.2, 0.25) is 0 Å². The van der Waals surface area contributed by atoms with Crippen LogP contribution in [0, 0.1) is 5.82 Å². The molecule has 1 aliphatic heterocycles. The molecule has 0 saturated carbocycles. The van der Waals surface area contributed by atoms with Crippen LogP contribution in [0.3, 0.4) is 0 Å². The third kappa shape index (κ3) is 6.14.